The molecule has 5 heteroatoms. The van der Waals surface area contributed by atoms with Crippen molar-refractivity contribution in [1.29, 1.82) is 0 Å². The molecule has 1 aromatic heterocycles. The number of pyridine rings is 1. The molecule has 23 heavy (non-hydrogen) atoms. The number of amides is 1. The number of H-pyrrole nitrogens is 1. The van der Waals surface area contributed by atoms with Gasteiger partial charge in [-0.15, -0.1) is 0 Å². The second-order valence-corrected chi connectivity index (χ2v) is 6.11. The molecule has 1 amide bonds. The fourth-order valence-electron chi connectivity index (χ4n) is 3.11. The number of rotatable bonds is 2. The van der Waals surface area contributed by atoms with Crippen molar-refractivity contribution in [1.82, 2.24) is 4.98 Å². The first-order valence-electron chi connectivity index (χ1n) is 7.83. The van der Waals surface area contributed by atoms with Crippen LogP contribution in [0.1, 0.15) is 45.6 Å². The van der Waals surface area contributed by atoms with Crippen molar-refractivity contribution in [2.45, 2.75) is 39.5 Å². The predicted molar refractivity (Wildman–Crippen MR) is 89.2 cm³/mol. The number of anilines is 1. The van der Waals surface area contributed by atoms with Gasteiger partial charge in [0.2, 0.25) is 0 Å². The summed E-state index contributed by atoms with van der Waals surface area (Å²) in [7, 11) is 0. The Hall–Kier alpha value is -2.56. The van der Waals surface area contributed by atoms with E-state index in [4.69, 9.17) is 0 Å². The highest BCUT2D eigenvalue weighted by atomic mass is 16.3. The zero-order valence-corrected chi connectivity index (χ0v) is 13.3. The number of aromatic nitrogens is 1. The molecule has 0 fully saturated rings. The van der Waals surface area contributed by atoms with E-state index in [1.807, 2.05) is 26.0 Å². The SMILES string of the molecule is Cc1ccc(NC(=O)c2c(O)c3c([nH]c2=O)CCCC3)c(C)c1. The summed E-state index contributed by atoms with van der Waals surface area (Å²) in [6.07, 6.45) is 3.35. The molecule has 0 saturated heterocycles. The zero-order chi connectivity index (χ0) is 16.6. The summed E-state index contributed by atoms with van der Waals surface area (Å²) >= 11 is 0. The van der Waals surface area contributed by atoms with Gasteiger partial charge in [-0.1, -0.05) is 17.7 Å². The summed E-state index contributed by atoms with van der Waals surface area (Å²) < 4.78 is 0. The minimum absolute atomic E-state index is 0.175. The van der Waals surface area contributed by atoms with Crippen molar-refractivity contribution < 1.29 is 9.90 Å². The van der Waals surface area contributed by atoms with Gasteiger partial charge in [-0.25, -0.2) is 0 Å². The van der Waals surface area contributed by atoms with Gasteiger partial charge in [0, 0.05) is 16.9 Å². The number of carbonyl (C=O) groups excluding carboxylic acids is 1. The standard InChI is InChI=1S/C18H20N2O3/c1-10-7-8-13(11(2)9-10)19-17(22)15-16(21)12-5-3-4-6-14(12)20-18(15)23/h7-9H,3-6H2,1-2H3,(H,19,22)(H2,20,21,23). The highest BCUT2D eigenvalue weighted by Gasteiger charge is 2.24. The molecule has 0 saturated carbocycles. The Morgan fingerprint density at radius 2 is 1.96 bits per heavy atom. The van der Waals surface area contributed by atoms with Gasteiger partial charge in [-0.3, -0.25) is 9.59 Å². The highest BCUT2D eigenvalue weighted by molar-refractivity contribution is 6.06. The fourth-order valence-corrected chi connectivity index (χ4v) is 3.11. The van der Waals surface area contributed by atoms with Crippen LogP contribution >= 0.6 is 0 Å². The number of hydrogen-bond donors (Lipinski definition) is 3. The molecule has 1 aliphatic rings. The first-order valence-corrected chi connectivity index (χ1v) is 7.83. The lowest BCUT2D eigenvalue weighted by atomic mass is 9.93. The van der Waals surface area contributed by atoms with Crippen LogP contribution in [0, 0.1) is 13.8 Å². The monoisotopic (exact) mass is 312 g/mol. The molecule has 0 bridgehead atoms. The summed E-state index contributed by atoms with van der Waals surface area (Å²) in [5, 5.41) is 13.1. The van der Waals surface area contributed by atoms with Crippen molar-refractivity contribution in [3.63, 3.8) is 0 Å². The molecule has 120 valence electrons. The number of benzene rings is 1. The summed E-state index contributed by atoms with van der Waals surface area (Å²) in [5.41, 5.74) is 3.35. The van der Waals surface area contributed by atoms with E-state index in [9.17, 15) is 14.7 Å². The maximum Gasteiger partial charge on any atom is 0.265 e. The second-order valence-electron chi connectivity index (χ2n) is 6.11. The maximum atomic E-state index is 12.5. The first kappa shape index (κ1) is 15.3. The molecule has 2 aromatic rings. The van der Waals surface area contributed by atoms with Gasteiger partial charge in [0.05, 0.1) is 0 Å². The minimum Gasteiger partial charge on any atom is -0.507 e. The number of carbonyl (C=O) groups is 1. The Labute approximate surface area is 134 Å². The average molecular weight is 312 g/mol. The van der Waals surface area contributed by atoms with E-state index in [-0.39, 0.29) is 11.3 Å². The van der Waals surface area contributed by atoms with E-state index in [1.165, 1.54) is 0 Å². The molecule has 0 atom stereocenters. The molecular weight excluding hydrogens is 292 g/mol. The van der Waals surface area contributed by atoms with Crippen LogP contribution in [0.15, 0.2) is 23.0 Å². The molecule has 0 aliphatic heterocycles. The lowest BCUT2D eigenvalue weighted by Gasteiger charge is -2.18. The van der Waals surface area contributed by atoms with Crippen LogP contribution in [-0.2, 0) is 12.8 Å². The van der Waals surface area contributed by atoms with Gasteiger partial charge in [0.1, 0.15) is 11.3 Å². The van der Waals surface area contributed by atoms with Crippen LogP contribution in [0.3, 0.4) is 0 Å². The van der Waals surface area contributed by atoms with Crippen molar-refractivity contribution in [2.75, 3.05) is 5.32 Å². The Morgan fingerprint density at radius 3 is 2.70 bits per heavy atom. The summed E-state index contributed by atoms with van der Waals surface area (Å²) in [6, 6.07) is 5.64. The van der Waals surface area contributed by atoms with Crippen LogP contribution in [0.2, 0.25) is 0 Å². The smallest absolute Gasteiger partial charge is 0.265 e. The molecule has 5 nitrogen and oxygen atoms in total. The number of aromatic hydroxyl groups is 1. The molecular formula is C18H20N2O3. The number of aromatic amines is 1. The second kappa shape index (κ2) is 5.91. The largest absolute Gasteiger partial charge is 0.507 e. The third-order valence-corrected chi connectivity index (χ3v) is 4.34. The van der Waals surface area contributed by atoms with E-state index >= 15 is 0 Å². The molecule has 0 unspecified atom stereocenters. The highest BCUT2D eigenvalue weighted by Crippen LogP contribution is 2.29. The Kier molecular flexibility index (Phi) is 3.94. The Bertz CT molecular complexity index is 837. The van der Waals surface area contributed by atoms with Gasteiger partial charge >= 0.3 is 0 Å². The summed E-state index contributed by atoms with van der Waals surface area (Å²) in [6.45, 7) is 3.86. The zero-order valence-electron chi connectivity index (χ0n) is 13.3. The van der Waals surface area contributed by atoms with Crippen molar-refractivity contribution in [2.24, 2.45) is 0 Å². The lowest BCUT2D eigenvalue weighted by molar-refractivity contribution is 0.102. The first-order chi connectivity index (χ1) is 11.0. The number of hydrogen-bond acceptors (Lipinski definition) is 3. The van der Waals surface area contributed by atoms with Crippen LogP contribution in [-0.4, -0.2) is 16.0 Å². The van der Waals surface area contributed by atoms with Gasteiger partial charge in [-0.05, 0) is 51.2 Å². The molecule has 3 N–H and O–H groups in total. The fraction of sp³-hybridized carbons (Fsp3) is 0.333. The minimum atomic E-state index is -0.580. The van der Waals surface area contributed by atoms with Crippen molar-refractivity contribution in [3.8, 4) is 5.75 Å². The molecule has 1 aliphatic carbocycles. The Morgan fingerprint density at radius 1 is 1.22 bits per heavy atom. The van der Waals surface area contributed by atoms with Crippen molar-refractivity contribution >= 4 is 11.6 Å². The van der Waals surface area contributed by atoms with Crippen LogP contribution < -0.4 is 10.9 Å². The van der Waals surface area contributed by atoms with Crippen LogP contribution in [0.5, 0.6) is 5.75 Å². The number of aryl methyl sites for hydroxylation is 3. The lowest BCUT2D eigenvalue weighted by Crippen LogP contribution is -2.26. The van der Waals surface area contributed by atoms with E-state index in [0.717, 1.165) is 36.1 Å². The van der Waals surface area contributed by atoms with E-state index in [0.29, 0.717) is 17.7 Å². The predicted octanol–water partition coefficient (Wildman–Crippen LogP) is 2.83. The third-order valence-electron chi connectivity index (χ3n) is 4.34. The number of fused-ring (bicyclic) bond motifs is 1. The molecule has 1 aromatic carbocycles. The van der Waals surface area contributed by atoms with E-state index in [1.54, 1.807) is 6.07 Å². The van der Waals surface area contributed by atoms with Gasteiger partial charge in [0.15, 0.2) is 0 Å². The topological polar surface area (TPSA) is 82.2 Å². The Balaban J connectivity index is 1.98. The van der Waals surface area contributed by atoms with Crippen molar-refractivity contribution in [3.05, 3.63) is 56.5 Å². The average Bonchev–Trinajstić information content (AvgIpc) is 2.50. The van der Waals surface area contributed by atoms with E-state index in [2.05, 4.69) is 10.3 Å². The molecule has 0 spiro atoms. The van der Waals surface area contributed by atoms with Gasteiger partial charge in [-0.2, -0.15) is 0 Å². The quantitative estimate of drug-likeness (QED) is 0.797. The van der Waals surface area contributed by atoms with Gasteiger partial charge in [0.25, 0.3) is 11.5 Å². The summed E-state index contributed by atoms with van der Waals surface area (Å²) in [5.74, 6) is -0.755. The summed E-state index contributed by atoms with van der Waals surface area (Å²) in [4.78, 5) is 27.4. The maximum absolute atomic E-state index is 12.5. The normalized spacial score (nSPS) is 13.5. The van der Waals surface area contributed by atoms with Crippen LogP contribution in [0.25, 0.3) is 0 Å². The third kappa shape index (κ3) is 2.86. The van der Waals surface area contributed by atoms with E-state index < -0.39 is 11.5 Å². The van der Waals surface area contributed by atoms with Gasteiger partial charge < -0.3 is 15.4 Å². The molecule has 0 radical (unpaired) electrons. The number of nitrogens with one attached hydrogen (secondary N) is 2. The molecule has 1 heterocycles. The molecule has 3 rings (SSSR count). The van der Waals surface area contributed by atoms with Crippen LogP contribution in [0.4, 0.5) is 5.69 Å².